The molecule has 0 bridgehead atoms. The fourth-order valence-corrected chi connectivity index (χ4v) is 3.00. The highest BCUT2D eigenvalue weighted by Crippen LogP contribution is 2.25. The van der Waals surface area contributed by atoms with Crippen molar-refractivity contribution in [1.82, 2.24) is 15.6 Å². The van der Waals surface area contributed by atoms with E-state index in [9.17, 15) is 9.59 Å². The molecule has 3 aromatic rings. The van der Waals surface area contributed by atoms with Crippen LogP contribution in [0.15, 0.2) is 52.3 Å². The van der Waals surface area contributed by atoms with Crippen LogP contribution in [-0.4, -0.2) is 23.3 Å². The van der Waals surface area contributed by atoms with Crippen LogP contribution in [0.2, 0.25) is 0 Å². The largest absolute Gasteiger partial charge is 0.440 e. The Bertz CT molecular complexity index is 873. The SMILES string of the molecule is Cc1oc(-c2cccs2)nc1CC(=O)NCC(=O)NCc1ccccc1. The van der Waals surface area contributed by atoms with E-state index in [0.717, 1.165) is 10.4 Å². The summed E-state index contributed by atoms with van der Waals surface area (Å²) < 4.78 is 5.61. The molecule has 6 nitrogen and oxygen atoms in total. The van der Waals surface area contributed by atoms with Gasteiger partial charge < -0.3 is 15.1 Å². The van der Waals surface area contributed by atoms with Crippen LogP contribution in [0.25, 0.3) is 10.8 Å². The lowest BCUT2D eigenvalue weighted by Gasteiger charge is -2.06. The van der Waals surface area contributed by atoms with Crippen molar-refractivity contribution in [2.75, 3.05) is 6.54 Å². The molecule has 0 aliphatic heterocycles. The summed E-state index contributed by atoms with van der Waals surface area (Å²) in [6.07, 6.45) is 0.0761. The molecule has 0 atom stereocenters. The number of thiophene rings is 1. The van der Waals surface area contributed by atoms with Gasteiger partial charge in [0.25, 0.3) is 0 Å². The lowest BCUT2D eigenvalue weighted by Crippen LogP contribution is -2.37. The lowest BCUT2D eigenvalue weighted by molar-refractivity contribution is -0.125. The van der Waals surface area contributed by atoms with Crippen molar-refractivity contribution < 1.29 is 14.0 Å². The van der Waals surface area contributed by atoms with Crippen LogP contribution < -0.4 is 10.6 Å². The van der Waals surface area contributed by atoms with Crippen LogP contribution in [0.4, 0.5) is 0 Å². The van der Waals surface area contributed by atoms with Crippen LogP contribution in [0.5, 0.6) is 0 Å². The summed E-state index contributed by atoms with van der Waals surface area (Å²) in [5, 5.41) is 7.31. The number of hydrogen-bond acceptors (Lipinski definition) is 5. The monoisotopic (exact) mass is 369 g/mol. The second-order valence-corrected chi connectivity index (χ2v) is 6.66. The summed E-state index contributed by atoms with van der Waals surface area (Å²) in [5.74, 6) is 0.616. The van der Waals surface area contributed by atoms with Gasteiger partial charge in [-0.05, 0) is 23.9 Å². The Morgan fingerprint density at radius 3 is 2.62 bits per heavy atom. The predicted octanol–water partition coefficient (Wildman–Crippen LogP) is 2.69. The number of carbonyl (C=O) groups excluding carboxylic acids is 2. The summed E-state index contributed by atoms with van der Waals surface area (Å²) >= 11 is 1.52. The molecule has 2 aromatic heterocycles. The van der Waals surface area contributed by atoms with Crippen molar-refractivity contribution in [2.24, 2.45) is 0 Å². The van der Waals surface area contributed by atoms with E-state index < -0.39 is 0 Å². The Morgan fingerprint density at radius 1 is 1.08 bits per heavy atom. The average molecular weight is 369 g/mol. The first-order valence-electron chi connectivity index (χ1n) is 8.19. The number of oxazole rings is 1. The highest BCUT2D eigenvalue weighted by atomic mass is 32.1. The van der Waals surface area contributed by atoms with Gasteiger partial charge in [-0.2, -0.15) is 0 Å². The molecule has 1 aromatic carbocycles. The maximum Gasteiger partial charge on any atom is 0.239 e. The van der Waals surface area contributed by atoms with Gasteiger partial charge in [-0.1, -0.05) is 36.4 Å². The van der Waals surface area contributed by atoms with Crippen LogP contribution in [0.1, 0.15) is 17.0 Å². The molecule has 26 heavy (non-hydrogen) atoms. The van der Waals surface area contributed by atoms with E-state index in [1.165, 1.54) is 11.3 Å². The molecule has 0 unspecified atom stereocenters. The molecule has 0 aliphatic carbocycles. The molecule has 0 radical (unpaired) electrons. The summed E-state index contributed by atoms with van der Waals surface area (Å²) in [7, 11) is 0. The zero-order valence-electron chi connectivity index (χ0n) is 14.3. The first kappa shape index (κ1) is 17.9. The number of aromatic nitrogens is 1. The van der Waals surface area contributed by atoms with E-state index in [-0.39, 0.29) is 24.8 Å². The second-order valence-electron chi connectivity index (χ2n) is 5.72. The topological polar surface area (TPSA) is 84.2 Å². The van der Waals surface area contributed by atoms with Gasteiger partial charge in [0, 0.05) is 6.54 Å². The van der Waals surface area contributed by atoms with Crippen molar-refractivity contribution >= 4 is 23.2 Å². The van der Waals surface area contributed by atoms with Crippen LogP contribution in [-0.2, 0) is 22.6 Å². The second kappa shape index (κ2) is 8.44. The average Bonchev–Trinajstić information content (AvgIpc) is 3.29. The quantitative estimate of drug-likeness (QED) is 0.671. The smallest absolute Gasteiger partial charge is 0.239 e. The number of amides is 2. The van der Waals surface area contributed by atoms with Gasteiger partial charge in [0.05, 0.1) is 23.5 Å². The fraction of sp³-hybridized carbons (Fsp3) is 0.211. The highest BCUT2D eigenvalue weighted by molar-refractivity contribution is 7.13. The van der Waals surface area contributed by atoms with E-state index >= 15 is 0 Å². The molecule has 2 N–H and O–H groups in total. The number of nitrogens with one attached hydrogen (secondary N) is 2. The molecule has 0 saturated heterocycles. The molecule has 3 rings (SSSR count). The van der Waals surface area contributed by atoms with Crippen molar-refractivity contribution in [3.05, 3.63) is 64.9 Å². The number of carbonyl (C=O) groups is 2. The molecule has 0 aliphatic rings. The summed E-state index contributed by atoms with van der Waals surface area (Å²) in [4.78, 5) is 29.2. The Morgan fingerprint density at radius 2 is 1.88 bits per heavy atom. The summed E-state index contributed by atoms with van der Waals surface area (Å²) in [6.45, 7) is 2.14. The maximum absolute atomic E-state index is 12.1. The highest BCUT2D eigenvalue weighted by Gasteiger charge is 2.15. The van der Waals surface area contributed by atoms with Crippen LogP contribution in [0.3, 0.4) is 0 Å². The third-order valence-corrected chi connectivity index (χ3v) is 4.59. The Balaban J connectivity index is 1.46. The van der Waals surface area contributed by atoms with E-state index in [2.05, 4.69) is 15.6 Å². The lowest BCUT2D eigenvalue weighted by atomic mass is 10.2. The molecular weight excluding hydrogens is 350 g/mol. The third-order valence-electron chi connectivity index (χ3n) is 3.73. The van der Waals surface area contributed by atoms with E-state index in [4.69, 9.17) is 4.42 Å². The van der Waals surface area contributed by atoms with Gasteiger partial charge in [-0.3, -0.25) is 9.59 Å². The first-order valence-corrected chi connectivity index (χ1v) is 9.07. The van der Waals surface area contributed by atoms with Gasteiger partial charge in [-0.15, -0.1) is 11.3 Å². The normalized spacial score (nSPS) is 10.5. The summed E-state index contributed by atoms with van der Waals surface area (Å²) in [5.41, 5.74) is 1.59. The minimum Gasteiger partial charge on any atom is -0.440 e. The standard InChI is InChI=1S/C19H19N3O3S/c1-13-15(22-19(25-13)16-8-5-9-26-16)10-17(23)21-12-18(24)20-11-14-6-3-2-4-7-14/h2-9H,10-12H2,1H3,(H,20,24)(H,21,23). The summed E-state index contributed by atoms with van der Waals surface area (Å²) in [6, 6.07) is 13.4. The number of aryl methyl sites for hydroxylation is 1. The molecule has 0 fully saturated rings. The number of hydrogen-bond donors (Lipinski definition) is 2. The Kier molecular flexibility index (Phi) is 5.80. The van der Waals surface area contributed by atoms with Gasteiger partial charge in [0.15, 0.2) is 0 Å². The van der Waals surface area contributed by atoms with E-state index in [1.807, 2.05) is 47.8 Å². The molecule has 7 heteroatoms. The van der Waals surface area contributed by atoms with Gasteiger partial charge in [0.1, 0.15) is 5.76 Å². The minimum atomic E-state index is -0.269. The third kappa shape index (κ3) is 4.80. The number of nitrogens with zero attached hydrogens (tertiary/aromatic N) is 1. The fourth-order valence-electron chi connectivity index (χ4n) is 2.35. The van der Waals surface area contributed by atoms with Crippen LogP contribution in [0, 0.1) is 6.92 Å². The van der Waals surface area contributed by atoms with Gasteiger partial charge in [0.2, 0.25) is 17.7 Å². The zero-order chi connectivity index (χ0) is 18.4. The van der Waals surface area contributed by atoms with Gasteiger partial charge in [-0.25, -0.2) is 4.98 Å². The van der Waals surface area contributed by atoms with Crippen molar-refractivity contribution in [3.63, 3.8) is 0 Å². The zero-order valence-corrected chi connectivity index (χ0v) is 15.1. The molecule has 2 amide bonds. The molecule has 0 spiro atoms. The molecule has 134 valence electrons. The molecular formula is C19H19N3O3S. The van der Waals surface area contributed by atoms with E-state index in [1.54, 1.807) is 6.92 Å². The number of rotatable bonds is 7. The predicted molar refractivity (Wildman–Crippen MR) is 99.6 cm³/mol. The maximum atomic E-state index is 12.1. The van der Waals surface area contributed by atoms with Crippen molar-refractivity contribution in [2.45, 2.75) is 19.9 Å². The van der Waals surface area contributed by atoms with Crippen molar-refractivity contribution in [3.8, 4) is 10.8 Å². The molecule has 0 saturated carbocycles. The van der Waals surface area contributed by atoms with E-state index in [0.29, 0.717) is 23.9 Å². The Hall–Kier alpha value is -2.93. The molecule has 2 heterocycles. The Labute approximate surface area is 155 Å². The number of benzene rings is 1. The van der Waals surface area contributed by atoms with Gasteiger partial charge >= 0.3 is 0 Å². The minimum absolute atomic E-state index is 0.0691. The van der Waals surface area contributed by atoms with Crippen molar-refractivity contribution in [1.29, 1.82) is 0 Å². The van der Waals surface area contributed by atoms with Crippen LogP contribution >= 0.6 is 11.3 Å². The first-order chi connectivity index (χ1) is 12.6.